The van der Waals surface area contributed by atoms with Crippen LogP contribution in [0.5, 0.6) is 5.75 Å². The summed E-state index contributed by atoms with van der Waals surface area (Å²) in [6.07, 6.45) is 0. The van der Waals surface area contributed by atoms with Gasteiger partial charge in [0.05, 0.1) is 0 Å². The number of nitrogens with one attached hydrogen (secondary N) is 1. The maximum absolute atomic E-state index is 5.83. The lowest BCUT2D eigenvalue weighted by molar-refractivity contribution is 0.217. The van der Waals surface area contributed by atoms with Crippen molar-refractivity contribution < 1.29 is 4.74 Å². The van der Waals surface area contributed by atoms with Crippen molar-refractivity contribution in [1.82, 2.24) is 5.32 Å². The fraction of sp³-hybridized carbons (Fsp3) is 0.600. The van der Waals surface area contributed by atoms with Crippen molar-refractivity contribution in [2.45, 2.75) is 45.6 Å². The highest BCUT2D eigenvalue weighted by molar-refractivity contribution is 5.32. The summed E-state index contributed by atoms with van der Waals surface area (Å²) in [7, 11) is 1.95. The molecule has 0 spiro atoms. The Hall–Kier alpha value is -1.02. The average Bonchev–Trinajstić information content (AvgIpc) is 2.26. The monoisotopic (exact) mass is 235 g/mol. The minimum absolute atomic E-state index is 0.00224. The van der Waals surface area contributed by atoms with Gasteiger partial charge in [0.2, 0.25) is 0 Å². The van der Waals surface area contributed by atoms with E-state index in [0.717, 1.165) is 5.75 Å². The molecule has 1 rings (SSSR count). The molecule has 0 heterocycles. The molecule has 0 atom stereocenters. The summed E-state index contributed by atoms with van der Waals surface area (Å²) in [6, 6.07) is 8.35. The molecule has 0 saturated heterocycles. The van der Waals surface area contributed by atoms with Crippen molar-refractivity contribution in [2.75, 3.05) is 13.7 Å². The second kappa shape index (κ2) is 5.09. The fourth-order valence-electron chi connectivity index (χ4n) is 1.39. The number of rotatable bonds is 4. The first kappa shape index (κ1) is 14.0. The van der Waals surface area contributed by atoms with Gasteiger partial charge in [-0.25, -0.2) is 0 Å². The molecule has 0 aliphatic carbocycles. The molecule has 0 fully saturated rings. The standard InChI is InChI=1S/C15H25NO/c1-14(2,3)12-8-7-9-13(10-12)17-11-15(4,5)16-6/h7-10,16H,11H2,1-6H3. The molecule has 2 heteroatoms. The van der Waals surface area contributed by atoms with Gasteiger partial charge in [0, 0.05) is 5.54 Å². The Morgan fingerprint density at radius 2 is 1.76 bits per heavy atom. The van der Waals surface area contributed by atoms with E-state index in [-0.39, 0.29) is 11.0 Å². The highest BCUT2D eigenvalue weighted by atomic mass is 16.5. The molecule has 0 amide bonds. The van der Waals surface area contributed by atoms with Crippen LogP contribution in [0.2, 0.25) is 0 Å². The van der Waals surface area contributed by atoms with Crippen LogP contribution >= 0.6 is 0 Å². The Morgan fingerprint density at radius 1 is 1.12 bits per heavy atom. The van der Waals surface area contributed by atoms with Gasteiger partial charge < -0.3 is 10.1 Å². The minimum atomic E-state index is -0.00224. The predicted molar refractivity (Wildman–Crippen MR) is 73.8 cm³/mol. The number of hydrogen-bond donors (Lipinski definition) is 1. The third kappa shape index (κ3) is 4.39. The van der Waals surface area contributed by atoms with E-state index < -0.39 is 0 Å². The first-order chi connectivity index (χ1) is 7.74. The van der Waals surface area contributed by atoms with Crippen molar-refractivity contribution in [1.29, 1.82) is 0 Å². The van der Waals surface area contributed by atoms with Crippen LogP contribution in [0.25, 0.3) is 0 Å². The molecule has 0 radical (unpaired) electrons. The van der Waals surface area contributed by atoms with E-state index in [4.69, 9.17) is 4.74 Å². The highest BCUT2D eigenvalue weighted by Gasteiger charge is 2.17. The number of hydrogen-bond acceptors (Lipinski definition) is 2. The first-order valence-corrected chi connectivity index (χ1v) is 6.17. The van der Waals surface area contributed by atoms with Gasteiger partial charge >= 0.3 is 0 Å². The summed E-state index contributed by atoms with van der Waals surface area (Å²) in [4.78, 5) is 0. The largest absolute Gasteiger partial charge is 0.492 e. The van der Waals surface area contributed by atoms with E-state index in [2.05, 4.69) is 58.1 Å². The molecular weight excluding hydrogens is 210 g/mol. The van der Waals surface area contributed by atoms with E-state index in [0.29, 0.717) is 6.61 Å². The summed E-state index contributed by atoms with van der Waals surface area (Å²) in [6.45, 7) is 11.6. The maximum Gasteiger partial charge on any atom is 0.119 e. The quantitative estimate of drug-likeness (QED) is 0.864. The van der Waals surface area contributed by atoms with Gasteiger partial charge in [-0.2, -0.15) is 0 Å². The zero-order chi connectivity index (χ0) is 13.1. The lowest BCUT2D eigenvalue weighted by atomic mass is 9.87. The fourth-order valence-corrected chi connectivity index (χ4v) is 1.39. The minimum Gasteiger partial charge on any atom is -0.492 e. The van der Waals surface area contributed by atoms with Crippen molar-refractivity contribution in [3.8, 4) is 5.75 Å². The van der Waals surface area contributed by atoms with Gasteiger partial charge in [0.15, 0.2) is 0 Å². The zero-order valence-corrected chi connectivity index (χ0v) is 11.9. The Bertz CT molecular complexity index is 363. The average molecular weight is 235 g/mol. The summed E-state index contributed by atoms with van der Waals surface area (Å²) >= 11 is 0. The summed E-state index contributed by atoms with van der Waals surface area (Å²) < 4.78 is 5.83. The number of ether oxygens (including phenoxy) is 1. The van der Waals surface area contributed by atoms with Crippen LogP contribution in [0.3, 0.4) is 0 Å². The Kier molecular flexibility index (Phi) is 4.21. The Labute approximate surface area is 105 Å². The molecule has 2 nitrogen and oxygen atoms in total. The molecule has 1 aromatic rings. The molecule has 0 aliphatic heterocycles. The molecule has 1 N–H and O–H groups in total. The summed E-state index contributed by atoms with van der Waals surface area (Å²) in [5.41, 5.74) is 1.47. The van der Waals surface area contributed by atoms with Crippen LogP contribution in [0, 0.1) is 0 Å². The second-order valence-corrected chi connectivity index (χ2v) is 6.20. The summed E-state index contributed by atoms with van der Waals surface area (Å²) in [5, 5.41) is 3.23. The normalized spacial score (nSPS) is 12.6. The van der Waals surface area contributed by atoms with Gasteiger partial charge in [0.1, 0.15) is 12.4 Å². The second-order valence-electron chi connectivity index (χ2n) is 6.20. The first-order valence-electron chi connectivity index (χ1n) is 6.17. The van der Waals surface area contributed by atoms with E-state index >= 15 is 0 Å². The molecule has 1 aromatic carbocycles. The van der Waals surface area contributed by atoms with E-state index in [1.165, 1.54) is 5.56 Å². The van der Waals surface area contributed by atoms with Crippen LogP contribution < -0.4 is 10.1 Å². The van der Waals surface area contributed by atoms with Crippen LogP contribution in [0.15, 0.2) is 24.3 Å². The molecule has 0 bridgehead atoms. The van der Waals surface area contributed by atoms with Crippen LogP contribution in [0.1, 0.15) is 40.2 Å². The van der Waals surface area contributed by atoms with Crippen molar-refractivity contribution >= 4 is 0 Å². The van der Waals surface area contributed by atoms with Gasteiger partial charge in [-0.1, -0.05) is 32.9 Å². The molecule has 0 aromatic heterocycles. The SMILES string of the molecule is CNC(C)(C)COc1cccc(C(C)(C)C)c1. The molecule has 0 saturated carbocycles. The van der Waals surface area contributed by atoms with Crippen molar-refractivity contribution in [2.24, 2.45) is 0 Å². The third-order valence-electron chi connectivity index (χ3n) is 2.98. The highest BCUT2D eigenvalue weighted by Crippen LogP contribution is 2.25. The van der Waals surface area contributed by atoms with Gasteiger partial charge in [0.25, 0.3) is 0 Å². The molecule has 96 valence electrons. The molecule has 17 heavy (non-hydrogen) atoms. The lowest BCUT2D eigenvalue weighted by Crippen LogP contribution is -2.42. The molecule has 0 unspecified atom stereocenters. The number of likely N-dealkylation sites (N-methyl/N-ethyl adjacent to an activating group) is 1. The van der Waals surface area contributed by atoms with E-state index in [9.17, 15) is 0 Å². The summed E-state index contributed by atoms with van der Waals surface area (Å²) in [5.74, 6) is 0.945. The third-order valence-corrected chi connectivity index (χ3v) is 2.98. The smallest absolute Gasteiger partial charge is 0.119 e. The van der Waals surface area contributed by atoms with Gasteiger partial charge in [-0.3, -0.25) is 0 Å². The van der Waals surface area contributed by atoms with Gasteiger partial charge in [-0.05, 0) is 44.0 Å². The molecule has 0 aliphatic rings. The van der Waals surface area contributed by atoms with Crippen LogP contribution in [0.4, 0.5) is 0 Å². The predicted octanol–water partition coefficient (Wildman–Crippen LogP) is 3.36. The van der Waals surface area contributed by atoms with Crippen molar-refractivity contribution in [3.05, 3.63) is 29.8 Å². The van der Waals surface area contributed by atoms with Crippen LogP contribution in [-0.4, -0.2) is 19.2 Å². The lowest BCUT2D eigenvalue weighted by Gasteiger charge is -2.25. The van der Waals surface area contributed by atoms with Gasteiger partial charge in [-0.15, -0.1) is 0 Å². The number of benzene rings is 1. The molecular formula is C15H25NO. The van der Waals surface area contributed by atoms with Crippen LogP contribution in [-0.2, 0) is 5.41 Å². The Balaban J connectivity index is 2.74. The van der Waals surface area contributed by atoms with E-state index in [1.807, 2.05) is 13.1 Å². The maximum atomic E-state index is 5.83. The Morgan fingerprint density at radius 3 is 2.29 bits per heavy atom. The topological polar surface area (TPSA) is 21.3 Å². The van der Waals surface area contributed by atoms with E-state index in [1.54, 1.807) is 0 Å². The zero-order valence-electron chi connectivity index (χ0n) is 11.9. The van der Waals surface area contributed by atoms with Crippen molar-refractivity contribution in [3.63, 3.8) is 0 Å².